The van der Waals surface area contributed by atoms with Gasteiger partial charge in [0.25, 0.3) is 0 Å². The predicted octanol–water partition coefficient (Wildman–Crippen LogP) is 7.44. The predicted molar refractivity (Wildman–Crippen MR) is 139 cm³/mol. The molecule has 1 aliphatic heterocycles. The van der Waals surface area contributed by atoms with Gasteiger partial charge in [-0.2, -0.15) is 13.2 Å². The highest BCUT2D eigenvalue weighted by Gasteiger charge is 2.30. The molecule has 1 aromatic heterocycles. The molecule has 3 nitrogen and oxygen atoms in total. The van der Waals surface area contributed by atoms with Crippen LogP contribution in [0.1, 0.15) is 31.2 Å². The SMILES string of the molecule is FC(F)(F)c1ccc2c(c1)c(=Nc1ccc(-c3ccccc3)cc1)ccn2CCCN1CCCCC1. The molecule has 0 spiro atoms. The summed E-state index contributed by atoms with van der Waals surface area (Å²) in [4.78, 5) is 7.22. The number of hydrogen-bond acceptors (Lipinski definition) is 2. The molecular weight excluding hydrogens is 459 g/mol. The van der Waals surface area contributed by atoms with Crippen molar-refractivity contribution in [2.24, 2.45) is 4.99 Å². The Balaban J connectivity index is 1.47. The summed E-state index contributed by atoms with van der Waals surface area (Å²) in [5, 5.41) is 1.05. The first-order chi connectivity index (χ1) is 17.5. The largest absolute Gasteiger partial charge is 0.416 e. The topological polar surface area (TPSA) is 20.5 Å². The van der Waals surface area contributed by atoms with Crippen LogP contribution < -0.4 is 5.36 Å². The van der Waals surface area contributed by atoms with E-state index in [9.17, 15) is 13.2 Å². The molecule has 0 bridgehead atoms. The standard InChI is InChI=1S/C30H30F3N3/c31-30(32,33)25-12-15-29-27(22-25)28(16-21-36(29)20-7-19-35-17-5-2-6-18-35)34-26-13-10-24(11-14-26)23-8-3-1-4-9-23/h1,3-4,8-16,21-22H,2,5-7,17-20H2. The van der Waals surface area contributed by atoms with E-state index in [4.69, 9.17) is 4.99 Å². The van der Waals surface area contributed by atoms with Gasteiger partial charge in [0, 0.05) is 18.1 Å². The van der Waals surface area contributed by atoms with Gasteiger partial charge in [0.05, 0.1) is 22.1 Å². The Kier molecular flexibility index (Phi) is 7.23. The third-order valence-corrected chi connectivity index (χ3v) is 6.87. The monoisotopic (exact) mass is 489 g/mol. The van der Waals surface area contributed by atoms with Gasteiger partial charge in [0.1, 0.15) is 0 Å². The molecule has 0 N–H and O–H groups in total. The number of aromatic nitrogens is 1. The fourth-order valence-electron chi connectivity index (χ4n) is 4.94. The van der Waals surface area contributed by atoms with Crippen LogP contribution in [0, 0.1) is 0 Å². The highest BCUT2D eigenvalue weighted by atomic mass is 19.4. The molecule has 0 radical (unpaired) electrons. The van der Waals surface area contributed by atoms with Gasteiger partial charge in [-0.15, -0.1) is 0 Å². The van der Waals surface area contributed by atoms with Gasteiger partial charge in [-0.05, 0) is 86.4 Å². The van der Waals surface area contributed by atoms with E-state index in [0.717, 1.165) is 49.2 Å². The van der Waals surface area contributed by atoms with E-state index in [-0.39, 0.29) is 0 Å². The first kappa shape index (κ1) is 24.3. The van der Waals surface area contributed by atoms with Crippen molar-refractivity contribution < 1.29 is 13.2 Å². The minimum Gasteiger partial charge on any atom is -0.347 e. The lowest BCUT2D eigenvalue weighted by atomic mass is 10.1. The maximum atomic E-state index is 13.5. The van der Waals surface area contributed by atoms with E-state index in [1.807, 2.05) is 66.9 Å². The van der Waals surface area contributed by atoms with Crippen molar-refractivity contribution in [1.82, 2.24) is 9.47 Å². The quantitative estimate of drug-likeness (QED) is 0.276. The van der Waals surface area contributed by atoms with Crippen LogP contribution in [0.25, 0.3) is 22.0 Å². The van der Waals surface area contributed by atoms with Gasteiger partial charge in [-0.1, -0.05) is 48.9 Å². The Morgan fingerprint density at radius 3 is 2.19 bits per heavy atom. The molecule has 0 amide bonds. The third-order valence-electron chi connectivity index (χ3n) is 6.87. The minimum absolute atomic E-state index is 0.512. The normalized spacial score (nSPS) is 15.5. The molecule has 186 valence electrons. The summed E-state index contributed by atoms with van der Waals surface area (Å²) in [6.07, 6.45) is 2.30. The number of aryl methyl sites for hydroxylation is 1. The number of nitrogens with zero attached hydrogens (tertiary/aromatic N) is 3. The molecule has 5 rings (SSSR count). The number of fused-ring (bicyclic) bond motifs is 1. The van der Waals surface area contributed by atoms with Crippen molar-refractivity contribution in [1.29, 1.82) is 0 Å². The van der Waals surface area contributed by atoms with Crippen LogP contribution in [0.3, 0.4) is 0 Å². The molecular formula is C30H30F3N3. The number of pyridine rings is 1. The molecule has 6 heteroatoms. The maximum absolute atomic E-state index is 13.5. The van der Waals surface area contributed by atoms with E-state index in [1.165, 1.54) is 31.4 Å². The minimum atomic E-state index is -4.41. The Bertz CT molecular complexity index is 1370. The number of alkyl halides is 3. The zero-order valence-electron chi connectivity index (χ0n) is 20.2. The van der Waals surface area contributed by atoms with E-state index in [1.54, 1.807) is 6.07 Å². The summed E-state index contributed by atoms with van der Waals surface area (Å²) < 4.78 is 42.7. The van der Waals surface area contributed by atoms with Crippen molar-refractivity contribution in [3.63, 3.8) is 0 Å². The van der Waals surface area contributed by atoms with E-state index >= 15 is 0 Å². The Hall–Kier alpha value is -3.38. The Labute approximate surface area is 209 Å². The molecule has 0 unspecified atom stereocenters. The second-order valence-corrected chi connectivity index (χ2v) is 9.40. The smallest absolute Gasteiger partial charge is 0.347 e. The maximum Gasteiger partial charge on any atom is 0.416 e. The zero-order valence-corrected chi connectivity index (χ0v) is 20.2. The first-order valence-electron chi connectivity index (χ1n) is 12.6. The van der Waals surface area contributed by atoms with Crippen LogP contribution in [-0.2, 0) is 12.7 Å². The van der Waals surface area contributed by atoms with Crippen LogP contribution >= 0.6 is 0 Å². The summed E-state index contributed by atoms with van der Waals surface area (Å²) in [5.41, 5.74) is 2.99. The van der Waals surface area contributed by atoms with Crippen molar-refractivity contribution in [2.75, 3.05) is 19.6 Å². The molecule has 3 aromatic carbocycles. The van der Waals surface area contributed by atoms with Crippen molar-refractivity contribution in [2.45, 2.75) is 38.4 Å². The summed E-state index contributed by atoms with van der Waals surface area (Å²) in [5.74, 6) is 0. The first-order valence-corrected chi connectivity index (χ1v) is 12.6. The number of piperidine rings is 1. The summed E-state index contributed by atoms with van der Waals surface area (Å²) >= 11 is 0. The fourth-order valence-corrected chi connectivity index (χ4v) is 4.94. The van der Waals surface area contributed by atoms with Gasteiger partial charge < -0.3 is 9.47 Å². The molecule has 1 aliphatic rings. The van der Waals surface area contributed by atoms with E-state index < -0.39 is 11.7 Å². The molecule has 0 atom stereocenters. The van der Waals surface area contributed by atoms with E-state index in [0.29, 0.717) is 16.4 Å². The lowest BCUT2D eigenvalue weighted by molar-refractivity contribution is -0.137. The second-order valence-electron chi connectivity index (χ2n) is 9.40. The number of halogens is 3. The van der Waals surface area contributed by atoms with Crippen LogP contribution in [0.4, 0.5) is 18.9 Å². The molecule has 1 saturated heterocycles. The van der Waals surface area contributed by atoms with Gasteiger partial charge in [-0.25, -0.2) is 4.99 Å². The number of benzene rings is 3. The lowest BCUT2D eigenvalue weighted by Gasteiger charge is -2.26. The van der Waals surface area contributed by atoms with Gasteiger partial charge in [0.2, 0.25) is 0 Å². The Morgan fingerprint density at radius 2 is 1.47 bits per heavy atom. The third kappa shape index (κ3) is 5.71. The van der Waals surface area contributed by atoms with Crippen LogP contribution in [0.2, 0.25) is 0 Å². The molecule has 4 aromatic rings. The average molecular weight is 490 g/mol. The molecule has 1 fully saturated rings. The summed E-state index contributed by atoms with van der Waals surface area (Å²) in [7, 11) is 0. The van der Waals surface area contributed by atoms with Crippen LogP contribution in [-0.4, -0.2) is 29.1 Å². The Morgan fingerprint density at radius 1 is 0.750 bits per heavy atom. The second kappa shape index (κ2) is 10.7. The lowest BCUT2D eigenvalue weighted by Crippen LogP contribution is -2.31. The van der Waals surface area contributed by atoms with Crippen molar-refractivity contribution in [3.8, 4) is 11.1 Å². The van der Waals surface area contributed by atoms with Crippen LogP contribution in [0.5, 0.6) is 0 Å². The molecule has 36 heavy (non-hydrogen) atoms. The number of rotatable bonds is 6. The molecule has 0 aliphatic carbocycles. The zero-order chi connectivity index (χ0) is 25.0. The van der Waals surface area contributed by atoms with Crippen molar-refractivity contribution in [3.05, 3.63) is 96.0 Å². The van der Waals surface area contributed by atoms with Gasteiger partial charge in [-0.3, -0.25) is 0 Å². The number of hydrogen-bond donors (Lipinski definition) is 0. The van der Waals surface area contributed by atoms with Crippen molar-refractivity contribution >= 4 is 16.6 Å². The average Bonchev–Trinajstić information content (AvgIpc) is 2.90. The van der Waals surface area contributed by atoms with Gasteiger partial charge in [0.15, 0.2) is 0 Å². The van der Waals surface area contributed by atoms with E-state index in [2.05, 4.69) is 9.47 Å². The fraction of sp³-hybridized carbons (Fsp3) is 0.300. The van der Waals surface area contributed by atoms with Crippen LogP contribution in [0.15, 0.2) is 90.1 Å². The molecule has 2 heterocycles. The molecule has 0 saturated carbocycles. The summed E-state index contributed by atoms with van der Waals surface area (Å²) in [6.45, 7) is 4.04. The highest BCUT2D eigenvalue weighted by Crippen LogP contribution is 2.31. The summed E-state index contributed by atoms with van der Waals surface area (Å²) in [6, 6.07) is 23.6. The number of likely N-dealkylation sites (tertiary alicyclic amines) is 1. The highest BCUT2D eigenvalue weighted by molar-refractivity contribution is 5.80. The van der Waals surface area contributed by atoms with Gasteiger partial charge >= 0.3 is 6.18 Å².